The summed E-state index contributed by atoms with van der Waals surface area (Å²) >= 11 is 0. The summed E-state index contributed by atoms with van der Waals surface area (Å²) in [7, 11) is 0. The van der Waals surface area contributed by atoms with Gasteiger partial charge in [-0.15, -0.1) is 0 Å². The van der Waals surface area contributed by atoms with Crippen LogP contribution in [0.15, 0.2) is 59.0 Å². The van der Waals surface area contributed by atoms with Crippen molar-refractivity contribution in [1.82, 2.24) is 4.98 Å². The van der Waals surface area contributed by atoms with Crippen molar-refractivity contribution in [2.75, 3.05) is 19.8 Å². The summed E-state index contributed by atoms with van der Waals surface area (Å²) in [5.41, 5.74) is 3.00. The molecule has 0 aliphatic heterocycles. The van der Waals surface area contributed by atoms with E-state index in [4.69, 9.17) is 23.7 Å². The van der Waals surface area contributed by atoms with Crippen molar-refractivity contribution in [3.05, 3.63) is 71.8 Å². The van der Waals surface area contributed by atoms with Crippen molar-refractivity contribution in [3.63, 3.8) is 0 Å². The fraction of sp³-hybridized carbons (Fsp3) is 0.360. The summed E-state index contributed by atoms with van der Waals surface area (Å²) < 4.78 is 22.3. The average Bonchev–Trinajstić information content (AvgIpc) is 3.17. The first-order chi connectivity index (χ1) is 15.5. The van der Waals surface area contributed by atoms with Gasteiger partial charge in [-0.1, -0.05) is 42.5 Å². The van der Waals surface area contributed by atoms with Crippen molar-refractivity contribution < 1.29 is 28.5 Å². The molecule has 0 aliphatic carbocycles. The van der Waals surface area contributed by atoms with E-state index in [0.29, 0.717) is 38.4 Å². The summed E-state index contributed by atoms with van der Waals surface area (Å²) in [6.07, 6.45) is 1.33. The number of aromatic nitrogens is 1. The molecular weight excluding hydrogens is 410 g/mol. The van der Waals surface area contributed by atoms with E-state index < -0.39 is 12.3 Å². The molecule has 0 spiro atoms. The van der Waals surface area contributed by atoms with Gasteiger partial charge in [0.05, 0.1) is 13.0 Å². The Labute approximate surface area is 188 Å². The van der Waals surface area contributed by atoms with Crippen molar-refractivity contribution >= 4 is 5.97 Å². The lowest BCUT2D eigenvalue weighted by Crippen LogP contribution is -2.22. The van der Waals surface area contributed by atoms with Crippen LogP contribution in [-0.4, -0.2) is 42.2 Å². The zero-order valence-corrected chi connectivity index (χ0v) is 18.5. The quantitative estimate of drug-likeness (QED) is 0.387. The second-order valence-electron chi connectivity index (χ2n) is 7.25. The van der Waals surface area contributed by atoms with Gasteiger partial charge in [-0.25, -0.2) is 9.78 Å². The molecule has 0 saturated carbocycles. The minimum Gasteiger partial charge on any atom is -0.493 e. The van der Waals surface area contributed by atoms with Gasteiger partial charge in [-0.05, 0) is 38.0 Å². The van der Waals surface area contributed by atoms with Gasteiger partial charge < -0.3 is 23.7 Å². The monoisotopic (exact) mass is 439 g/mol. The van der Waals surface area contributed by atoms with Gasteiger partial charge in [-0.2, -0.15) is 0 Å². The maximum absolute atomic E-state index is 10.7. The lowest BCUT2D eigenvalue weighted by molar-refractivity contribution is -0.168. The molecule has 170 valence electrons. The third-order valence-electron chi connectivity index (χ3n) is 4.81. The highest BCUT2D eigenvalue weighted by atomic mass is 16.7. The molecular formula is C25H29NO6. The molecule has 1 atom stereocenters. The molecule has 0 bridgehead atoms. The number of oxazole rings is 1. The zero-order chi connectivity index (χ0) is 22.8. The lowest BCUT2D eigenvalue weighted by Gasteiger charge is -2.16. The zero-order valence-electron chi connectivity index (χ0n) is 18.5. The number of carbonyl (C=O) groups is 1. The third-order valence-corrected chi connectivity index (χ3v) is 4.81. The van der Waals surface area contributed by atoms with Gasteiger partial charge in [0.1, 0.15) is 23.8 Å². The summed E-state index contributed by atoms with van der Waals surface area (Å²) in [5.74, 6) is 1.21. The number of hydrogen-bond acceptors (Lipinski definition) is 6. The Balaban J connectivity index is 1.45. The number of carboxylic acids is 1. The number of rotatable bonds is 13. The molecule has 3 rings (SSSR count). The normalized spacial score (nSPS) is 11.9. The van der Waals surface area contributed by atoms with Crippen LogP contribution in [0.25, 0.3) is 11.3 Å². The Kier molecular flexibility index (Phi) is 8.83. The van der Waals surface area contributed by atoms with Gasteiger partial charge in [0, 0.05) is 18.6 Å². The predicted molar refractivity (Wildman–Crippen MR) is 120 cm³/mol. The number of aryl methyl sites for hydroxylation is 2. The highest BCUT2D eigenvalue weighted by Gasteiger charge is 2.12. The van der Waals surface area contributed by atoms with Crippen LogP contribution in [0.4, 0.5) is 0 Å². The molecule has 0 saturated heterocycles. The van der Waals surface area contributed by atoms with Crippen LogP contribution in [0.1, 0.15) is 30.6 Å². The van der Waals surface area contributed by atoms with Crippen LogP contribution >= 0.6 is 0 Å². The minimum absolute atomic E-state index is 0.367. The first-order valence-corrected chi connectivity index (χ1v) is 10.7. The van der Waals surface area contributed by atoms with Gasteiger partial charge in [-0.3, -0.25) is 0 Å². The summed E-state index contributed by atoms with van der Waals surface area (Å²) in [6.45, 7) is 4.33. The van der Waals surface area contributed by atoms with E-state index in [1.165, 1.54) is 0 Å². The molecule has 0 unspecified atom stereocenters. The molecule has 0 amide bonds. The molecule has 1 heterocycles. The van der Waals surface area contributed by atoms with Crippen LogP contribution in [0.2, 0.25) is 0 Å². The molecule has 0 fully saturated rings. The summed E-state index contributed by atoms with van der Waals surface area (Å²) in [4.78, 5) is 15.3. The van der Waals surface area contributed by atoms with Gasteiger partial charge >= 0.3 is 5.97 Å². The first-order valence-electron chi connectivity index (χ1n) is 10.7. The van der Waals surface area contributed by atoms with Crippen LogP contribution < -0.4 is 4.74 Å². The molecule has 7 heteroatoms. The number of aliphatic carboxylic acids is 1. The van der Waals surface area contributed by atoms with E-state index in [1.54, 1.807) is 0 Å². The Bertz CT molecular complexity index is 968. The highest BCUT2D eigenvalue weighted by molar-refractivity contribution is 5.68. The van der Waals surface area contributed by atoms with E-state index >= 15 is 0 Å². The Morgan fingerprint density at radius 3 is 2.50 bits per heavy atom. The van der Waals surface area contributed by atoms with Crippen LogP contribution in [0.5, 0.6) is 5.75 Å². The van der Waals surface area contributed by atoms with E-state index in [9.17, 15) is 4.79 Å². The number of carboxylic acid groups (broad SMARTS) is 1. The molecule has 1 N–H and O–H groups in total. The first kappa shape index (κ1) is 23.5. The second-order valence-corrected chi connectivity index (χ2v) is 7.25. The summed E-state index contributed by atoms with van der Waals surface area (Å²) in [6, 6.07) is 17.8. The second kappa shape index (κ2) is 12.0. The van der Waals surface area contributed by atoms with Crippen LogP contribution in [0.3, 0.4) is 0 Å². The number of benzene rings is 2. The molecule has 3 aromatic rings. The highest BCUT2D eigenvalue weighted by Crippen LogP contribution is 2.23. The molecule has 0 aliphatic rings. The predicted octanol–water partition coefficient (Wildman–Crippen LogP) is 4.67. The Hall–Kier alpha value is -3.16. The van der Waals surface area contributed by atoms with E-state index in [1.807, 2.05) is 68.4 Å². The molecule has 1 aromatic heterocycles. The molecule has 7 nitrogen and oxygen atoms in total. The van der Waals surface area contributed by atoms with E-state index in [0.717, 1.165) is 28.3 Å². The van der Waals surface area contributed by atoms with Gasteiger partial charge in [0.2, 0.25) is 0 Å². The minimum atomic E-state index is -1.01. The van der Waals surface area contributed by atoms with Gasteiger partial charge in [0.25, 0.3) is 0 Å². The van der Waals surface area contributed by atoms with Crippen molar-refractivity contribution in [2.24, 2.45) is 0 Å². The molecule has 32 heavy (non-hydrogen) atoms. The van der Waals surface area contributed by atoms with Crippen molar-refractivity contribution in [3.8, 4) is 17.0 Å². The smallest absolute Gasteiger partial charge is 0.329 e. The Morgan fingerprint density at radius 2 is 1.81 bits per heavy atom. The number of hydrogen-bond donors (Lipinski definition) is 1. The fourth-order valence-corrected chi connectivity index (χ4v) is 3.28. The van der Waals surface area contributed by atoms with Crippen LogP contribution in [-0.2, 0) is 27.1 Å². The van der Waals surface area contributed by atoms with Gasteiger partial charge in [0.15, 0.2) is 12.2 Å². The van der Waals surface area contributed by atoms with E-state index in [-0.39, 0.29) is 6.61 Å². The SMILES string of the molecule is CCO[C@H](CCc1ccc(OCCc2nc(-c3ccccc3)c(C)o2)cc1)OCC(=O)O. The molecule has 2 aromatic carbocycles. The summed E-state index contributed by atoms with van der Waals surface area (Å²) in [5, 5.41) is 8.75. The Morgan fingerprint density at radius 1 is 1.06 bits per heavy atom. The largest absolute Gasteiger partial charge is 0.493 e. The molecule has 0 radical (unpaired) electrons. The van der Waals surface area contributed by atoms with Crippen molar-refractivity contribution in [2.45, 2.75) is 39.4 Å². The fourth-order valence-electron chi connectivity index (χ4n) is 3.28. The third kappa shape index (κ3) is 7.21. The lowest BCUT2D eigenvalue weighted by atomic mass is 10.1. The average molecular weight is 440 g/mol. The number of ether oxygens (including phenoxy) is 3. The van der Waals surface area contributed by atoms with Crippen LogP contribution in [0, 0.1) is 6.92 Å². The number of nitrogens with zero attached hydrogens (tertiary/aromatic N) is 1. The standard InChI is InChI=1S/C25H29NO6/c1-3-29-24(31-17-23(27)28)14-11-19-9-12-21(13-10-19)30-16-15-22-26-25(18(2)32-22)20-7-5-4-6-8-20/h4-10,12-13,24H,3,11,14-17H2,1-2H3,(H,27,28)/t24-/m0/s1. The van der Waals surface area contributed by atoms with E-state index in [2.05, 4.69) is 4.98 Å². The maximum Gasteiger partial charge on any atom is 0.329 e. The van der Waals surface area contributed by atoms with Crippen molar-refractivity contribution in [1.29, 1.82) is 0 Å². The maximum atomic E-state index is 10.7. The topological polar surface area (TPSA) is 91.0 Å².